The Bertz CT molecular complexity index is 413. The molecule has 0 fully saturated rings. The van der Waals surface area contributed by atoms with Crippen molar-refractivity contribution >= 4 is 5.97 Å². The van der Waals surface area contributed by atoms with Crippen LogP contribution in [0.4, 0.5) is 0 Å². The Balaban J connectivity index is 2.19. The number of fused-ring (bicyclic) bond motifs is 1. The fourth-order valence-electron chi connectivity index (χ4n) is 1.93. The van der Waals surface area contributed by atoms with E-state index in [0.717, 1.165) is 17.7 Å². The molecule has 0 radical (unpaired) electrons. The molecule has 2 N–H and O–H groups in total. The Labute approximate surface area is 93.5 Å². The molecule has 1 heterocycles. The lowest BCUT2D eigenvalue weighted by Crippen LogP contribution is -2.05. The van der Waals surface area contributed by atoms with Gasteiger partial charge in [0.05, 0.1) is 12.5 Å². The van der Waals surface area contributed by atoms with Gasteiger partial charge in [-0.2, -0.15) is 0 Å². The summed E-state index contributed by atoms with van der Waals surface area (Å²) >= 11 is 0. The summed E-state index contributed by atoms with van der Waals surface area (Å²) in [6.45, 7) is 1.98. The Kier molecular flexibility index (Phi) is 2.83. The third-order valence-corrected chi connectivity index (χ3v) is 2.67. The van der Waals surface area contributed by atoms with E-state index in [4.69, 9.17) is 9.84 Å². The molecule has 0 saturated carbocycles. The molecule has 0 spiro atoms. The van der Waals surface area contributed by atoms with Gasteiger partial charge in [0.25, 0.3) is 0 Å². The fraction of sp³-hybridized carbons (Fsp3) is 0.417. The summed E-state index contributed by atoms with van der Waals surface area (Å²) < 4.78 is 5.52. The second-order valence-corrected chi connectivity index (χ2v) is 4.11. The van der Waals surface area contributed by atoms with Crippen molar-refractivity contribution < 1.29 is 19.7 Å². The van der Waals surface area contributed by atoms with Gasteiger partial charge in [-0.3, -0.25) is 4.79 Å². The smallest absolute Gasteiger partial charge is 0.306 e. The molecule has 1 aliphatic heterocycles. The zero-order valence-electron chi connectivity index (χ0n) is 9.01. The largest absolute Gasteiger partial charge is 0.490 e. The third kappa shape index (κ3) is 2.17. The van der Waals surface area contributed by atoms with Crippen molar-refractivity contribution in [2.24, 2.45) is 0 Å². The zero-order chi connectivity index (χ0) is 11.7. The molecule has 2 unspecified atom stereocenters. The first kappa shape index (κ1) is 11.0. The maximum Gasteiger partial charge on any atom is 0.306 e. The molecule has 1 aromatic rings. The van der Waals surface area contributed by atoms with Crippen LogP contribution in [0.5, 0.6) is 5.75 Å². The monoisotopic (exact) mass is 222 g/mol. The molecule has 2 rings (SSSR count). The fourth-order valence-corrected chi connectivity index (χ4v) is 1.93. The molecule has 1 aromatic carbocycles. The van der Waals surface area contributed by atoms with Gasteiger partial charge in [0.2, 0.25) is 0 Å². The van der Waals surface area contributed by atoms with Crippen LogP contribution < -0.4 is 4.74 Å². The summed E-state index contributed by atoms with van der Waals surface area (Å²) in [5.74, 6) is -0.170. The van der Waals surface area contributed by atoms with Crippen LogP contribution in [0.25, 0.3) is 0 Å². The minimum absolute atomic E-state index is 0.155. The molecule has 4 nitrogen and oxygen atoms in total. The molecule has 0 aromatic heterocycles. The van der Waals surface area contributed by atoms with Crippen LogP contribution in [0, 0.1) is 0 Å². The van der Waals surface area contributed by atoms with Crippen LogP contribution in [-0.2, 0) is 11.2 Å². The topological polar surface area (TPSA) is 66.8 Å². The Morgan fingerprint density at radius 3 is 3.06 bits per heavy atom. The number of ether oxygens (including phenoxy) is 1. The molecule has 2 atom stereocenters. The maximum atomic E-state index is 10.5. The summed E-state index contributed by atoms with van der Waals surface area (Å²) in [4.78, 5) is 10.5. The van der Waals surface area contributed by atoms with E-state index < -0.39 is 12.1 Å². The summed E-state index contributed by atoms with van der Waals surface area (Å²) in [6.07, 6.45) is -0.251. The van der Waals surface area contributed by atoms with E-state index in [1.807, 2.05) is 13.0 Å². The van der Waals surface area contributed by atoms with Crippen molar-refractivity contribution in [1.82, 2.24) is 0 Å². The Morgan fingerprint density at radius 1 is 1.62 bits per heavy atom. The van der Waals surface area contributed by atoms with Gasteiger partial charge in [-0.05, 0) is 30.2 Å². The molecule has 0 bridgehead atoms. The molecule has 1 aliphatic rings. The van der Waals surface area contributed by atoms with Gasteiger partial charge in [-0.1, -0.05) is 6.07 Å². The number of carbonyl (C=O) groups is 1. The van der Waals surface area contributed by atoms with Crippen molar-refractivity contribution in [3.05, 3.63) is 29.3 Å². The van der Waals surface area contributed by atoms with E-state index in [2.05, 4.69) is 0 Å². The van der Waals surface area contributed by atoms with Crippen LogP contribution in [-0.4, -0.2) is 22.3 Å². The zero-order valence-corrected chi connectivity index (χ0v) is 9.01. The lowest BCUT2D eigenvalue weighted by Gasteiger charge is -2.09. The average Bonchev–Trinajstić information content (AvgIpc) is 2.55. The van der Waals surface area contributed by atoms with Crippen LogP contribution in [0.3, 0.4) is 0 Å². The SMILES string of the molecule is CC1Cc2cc(C(O)CC(=O)O)ccc2O1. The highest BCUT2D eigenvalue weighted by Gasteiger charge is 2.21. The number of aliphatic hydroxyl groups is 1. The predicted molar refractivity (Wildman–Crippen MR) is 57.4 cm³/mol. The van der Waals surface area contributed by atoms with Gasteiger partial charge in [0.1, 0.15) is 11.9 Å². The van der Waals surface area contributed by atoms with E-state index in [1.165, 1.54) is 0 Å². The van der Waals surface area contributed by atoms with E-state index in [9.17, 15) is 9.90 Å². The van der Waals surface area contributed by atoms with Gasteiger partial charge in [-0.25, -0.2) is 0 Å². The maximum absolute atomic E-state index is 10.5. The summed E-state index contributed by atoms with van der Waals surface area (Å²) in [5, 5.41) is 18.3. The quantitative estimate of drug-likeness (QED) is 0.813. The predicted octanol–water partition coefficient (Wildman–Crippen LogP) is 1.52. The third-order valence-electron chi connectivity index (χ3n) is 2.67. The van der Waals surface area contributed by atoms with Crippen molar-refractivity contribution in [2.45, 2.75) is 32.0 Å². The number of aliphatic carboxylic acids is 1. The van der Waals surface area contributed by atoms with Crippen molar-refractivity contribution in [1.29, 1.82) is 0 Å². The lowest BCUT2D eigenvalue weighted by molar-refractivity contribution is -0.139. The minimum Gasteiger partial charge on any atom is -0.490 e. The van der Waals surface area contributed by atoms with Gasteiger partial charge < -0.3 is 14.9 Å². The molecular weight excluding hydrogens is 208 g/mol. The number of carboxylic acids is 1. The molecule has 86 valence electrons. The van der Waals surface area contributed by atoms with Crippen molar-refractivity contribution in [3.63, 3.8) is 0 Å². The van der Waals surface area contributed by atoms with Gasteiger partial charge in [0.15, 0.2) is 0 Å². The highest BCUT2D eigenvalue weighted by Crippen LogP contribution is 2.31. The summed E-state index contributed by atoms with van der Waals surface area (Å²) in [7, 11) is 0. The Morgan fingerprint density at radius 2 is 2.38 bits per heavy atom. The van der Waals surface area contributed by atoms with E-state index in [-0.39, 0.29) is 12.5 Å². The Hall–Kier alpha value is -1.55. The number of hydrogen-bond acceptors (Lipinski definition) is 3. The average molecular weight is 222 g/mol. The first-order valence-corrected chi connectivity index (χ1v) is 5.25. The second-order valence-electron chi connectivity index (χ2n) is 4.11. The van der Waals surface area contributed by atoms with Gasteiger partial charge in [-0.15, -0.1) is 0 Å². The molecule has 0 amide bonds. The van der Waals surface area contributed by atoms with Crippen LogP contribution in [0.15, 0.2) is 18.2 Å². The first-order valence-electron chi connectivity index (χ1n) is 5.25. The van der Waals surface area contributed by atoms with Crippen LogP contribution >= 0.6 is 0 Å². The van der Waals surface area contributed by atoms with E-state index in [1.54, 1.807) is 12.1 Å². The number of aliphatic hydroxyl groups excluding tert-OH is 1. The van der Waals surface area contributed by atoms with Crippen LogP contribution in [0.2, 0.25) is 0 Å². The molecule has 16 heavy (non-hydrogen) atoms. The highest BCUT2D eigenvalue weighted by molar-refractivity contribution is 5.67. The van der Waals surface area contributed by atoms with Gasteiger partial charge in [0, 0.05) is 6.42 Å². The highest BCUT2D eigenvalue weighted by atomic mass is 16.5. The minimum atomic E-state index is -1.00. The number of carboxylic acid groups (broad SMARTS) is 1. The first-order chi connectivity index (χ1) is 7.56. The van der Waals surface area contributed by atoms with Crippen LogP contribution in [0.1, 0.15) is 30.6 Å². The lowest BCUT2D eigenvalue weighted by atomic mass is 10.0. The van der Waals surface area contributed by atoms with Gasteiger partial charge >= 0.3 is 5.97 Å². The number of benzene rings is 1. The standard InChI is InChI=1S/C12H14O4/c1-7-4-9-5-8(2-3-11(9)16-7)10(13)6-12(14)15/h2-3,5,7,10,13H,4,6H2,1H3,(H,14,15). The summed E-state index contributed by atoms with van der Waals surface area (Å²) in [5.41, 5.74) is 1.67. The second kappa shape index (κ2) is 4.14. The molecular formula is C12H14O4. The molecule has 0 saturated heterocycles. The van der Waals surface area contributed by atoms with E-state index in [0.29, 0.717) is 5.56 Å². The number of hydrogen-bond donors (Lipinski definition) is 2. The molecule has 0 aliphatic carbocycles. The number of rotatable bonds is 3. The van der Waals surface area contributed by atoms with E-state index >= 15 is 0 Å². The molecule has 4 heteroatoms. The van der Waals surface area contributed by atoms with Crippen molar-refractivity contribution in [2.75, 3.05) is 0 Å². The van der Waals surface area contributed by atoms with Crippen molar-refractivity contribution in [3.8, 4) is 5.75 Å². The normalized spacial score (nSPS) is 20.0. The summed E-state index contributed by atoms with van der Waals surface area (Å²) in [6, 6.07) is 5.33.